The van der Waals surface area contributed by atoms with Crippen molar-refractivity contribution in [2.45, 2.75) is 57.9 Å². The van der Waals surface area contributed by atoms with E-state index in [2.05, 4.69) is 10.3 Å². The van der Waals surface area contributed by atoms with E-state index in [1.807, 2.05) is 13.0 Å². The average molecular weight is 473 g/mol. The fourth-order valence-electron chi connectivity index (χ4n) is 4.82. The number of anilines is 2. The second-order valence-electron chi connectivity index (χ2n) is 9.06. The van der Waals surface area contributed by atoms with E-state index in [9.17, 15) is 13.2 Å². The molecule has 9 heteroatoms. The summed E-state index contributed by atoms with van der Waals surface area (Å²) in [7, 11) is 0. The lowest BCUT2D eigenvalue weighted by Gasteiger charge is -2.21. The largest absolute Gasteiger partial charge is 0.488 e. The van der Waals surface area contributed by atoms with Crippen LogP contribution in [0.4, 0.5) is 24.7 Å². The lowest BCUT2D eigenvalue weighted by molar-refractivity contribution is -0.137. The number of nitrogens with one attached hydrogen (secondary N) is 1. The normalized spacial score (nSPS) is 18.8. The van der Waals surface area contributed by atoms with Gasteiger partial charge in [0.15, 0.2) is 0 Å². The Labute approximate surface area is 195 Å². The summed E-state index contributed by atoms with van der Waals surface area (Å²) in [5, 5.41) is 4.10. The third-order valence-corrected chi connectivity index (χ3v) is 6.47. The number of alkyl halides is 3. The van der Waals surface area contributed by atoms with Gasteiger partial charge in [0, 0.05) is 17.5 Å². The molecule has 2 atom stereocenters. The molecule has 1 aromatic heterocycles. The quantitative estimate of drug-likeness (QED) is 0.486. The second kappa shape index (κ2) is 8.61. The maximum Gasteiger partial charge on any atom is 0.416 e. The maximum atomic E-state index is 13.3. The van der Waals surface area contributed by atoms with Crippen molar-refractivity contribution in [2.75, 3.05) is 24.3 Å². The van der Waals surface area contributed by atoms with Crippen molar-refractivity contribution in [3.8, 4) is 5.75 Å². The Balaban J connectivity index is 1.55. The van der Waals surface area contributed by atoms with E-state index in [-0.39, 0.29) is 11.8 Å². The molecule has 1 saturated heterocycles. The van der Waals surface area contributed by atoms with E-state index in [1.54, 1.807) is 13.0 Å². The molecule has 180 valence electrons. The number of aryl methyl sites for hydroxylation is 2. The van der Waals surface area contributed by atoms with Gasteiger partial charge in [-0.1, -0.05) is 0 Å². The van der Waals surface area contributed by atoms with Gasteiger partial charge in [-0.2, -0.15) is 13.2 Å². The predicted octanol–water partition coefficient (Wildman–Crippen LogP) is 5.37. The number of nitrogens with zero attached hydrogens (tertiary/aromatic N) is 2. The van der Waals surface area contributed by atoms with Crippen LogP contribution in [0.5, 0.6) is 5.75 Å². The highest BCUT2D eigenvalue weighted by molar-refractivity contribution is 5.94. The number of aromatic nitrogens is 2. The molecule has 0 spiro atoms. The molecule has 2 aliphatic rings. The summed E-state index contributed by atoms with van der Waals surface area (Å²) in [5.41, 5.74) is 8.72. The summed E-state index contributed by atoms with van der Waals surface area (Å²) in [6.07, 6.45) is -0.760. The number of nitrogen functional groups attached to an aromatic ring is 1. The SMILES string of the molecule is Cc1nc(NC(C)c2cc(N)cc(C(F)(F)F)c2)c2cc(O[C@H]3CCOC3)c3c(c2n1)CCC3. The average Bonchev–Trinajstić information content (AvgIpc) is 3.45. The summed E-state index contributed by atoms with van der Waals surface area (Å²) in [4.78, 5) is 9.32. The van der Waals surface area contributed by atoms with Crippen molar-refractivity contribution in [3.05, 3.63) is 52.3 Å². The van der Waals surface area contributed by atoms with Crippen LogP contribution in [-0.2, 0) is 23.8 Å². The van der Waals surface area contributed by atoms with Gasteiger partial charge in [-0.15, -0.1) is 0 Å². The van der Waals surface area contributed by atoms with Crippen LogP contribution < -0.4 is 15.8 Å². The molecule has 6 nitrogen and oxygen atoms in total. The number of ether oxygens (including phenoxy) is 2. The summed E-state index contributed by atoms with van der Waals surface area (Å²) in [6, 6.07) is 5.11. The monoisotopic (exact) mass is 472 g/mol. The van der Waals surface area contributed by atoms with Crippen LogP contribution in [0.2, 0.25) is 0 Å². The van der Waals surface area contributed by atoms with Crippen molar-refractivity contribution >= 4 is 22.4 Å². The summed E-state index contributed by atoms with van der Waals surface area (Å²) in [6.45, 7) is 4.86. The van der Waals surface area contributed by atoms with Gasteiger partial charge < -0.3 is 20.5 Å². The van der Waals surface area contributed by atoms with Crippen molar-refractivity contribution < 1.29 is 22.6 Å². The first-order chi connectivity index (χ1) is 16.2. The third kappa shape index (κ3) is 4.36. The lowest BCUT2D eigenvalue weighted by atomic mass is 10.0. The molecule has 0 saturated carbocycles. The molecule has 1 aliphatic heterocycles. The van der Waals surface area contributed by atoms with Gasteiger partial charge in [0.25, 0.3) is 0 Å². The van der Waals surface area contributed by atoms with Crippen molar-refractivity contribution in [1.82, 2.24) is 9.97 Å². The van der Waals surface area contributed by atoms with Gasteiger partial charge in [-0.25, -0.2) is 9.97 Å². The molecule has 34 heavy (non-hydrogen) atoms. The number of rotatable bonds is 5. The number of hydrogen-bond acceptors (Lipinski definition) is 6. The fourth-order valence-corrected chi connectivity index (χ4v) is 4.82. The van der Waals surface area contributed by atoms with Crippen molar-refractivity contribution in [3.63, 3.8) is 0 Å². The molecular weight excluding hydrogens is 445 g/mol. The molecule has 0 radical (unpaired) electrons. The molecule has 1 fully saturated rings. The molecule has 2 heterocycles. The van der Waals surface area contributed by atoms with Crippen LogP contribution in [0.15, 0.2) is 24.3 Å². The van der Waals surface area contributed by atoms with E-state index in [0.29, 0.717) is 30.4 Å². The number of fused-ring (bicyclic) bond motifs is 3. The minimum absolute atomic E-state index is 0.0110. The minimum atomic E-state index is -4.47. The van der Waals surface area contributed by atoms with Crippen LogP contribution >= 0.6 is 0 Å². The number of hydrogen-bond donors (Lipinski definition) is 2. The summed E-state index contributed by atoms with van der Waals surface area (Å²) >= 11 is 0. The van der Waals surface area contributed by atoms with Crippen LogP contribution in [-0.4, -0.2) is 29.3 Å². The number of nitrogens with two attached hydrogens (primary N) is 1. The highest BCUT2D eigenvalue weighted by Crippen LogP contribution is 2.40. The lowest BCUT2D eigenvalue weighted by Crippen LogP contribution is -2.17. The van der Waals surface area contributed by atoms with E-state index < -0.39 is 17.8 Å². The molecule has 1 unspecified atom stereocenters. The van der Waals surface area contributed by atoms with E-state index in [0.717, 1.165) is 60.0 Å². The Morgan fingerprint density at radius 1 is 1.15 bits per heavy atom. The minimum Gasteiger partial charge on any atom is -0.488 e. The Morgan fingerprint density at radius 2 is 1.94 bits per heavy atom. The smallest absolute Gasteiger partial charge is 0.416 e. The van der Waals surface area contributed by atoms with Crippen LogP contribution in [0, 0.1) is 6.92 Å². The standard InChI is InChI=1S/C25H27F3N4O2/c1-13(15-8-16(25(26,27)28)10-17(29)9-15)30-24-21-11-22(34-18-6-7-33-12-18)19-4-3-5-20(19)23(21)31-14(2)32-24/h8-11,13,18H,3-7,12,29H2,1-2H3,(H,30,31,32)/t13?,18-/m0/s1. The van der Waals surface area contributed by atoms with E-state index >= 15 is 0 Å². The first-order valence-electron chi connectivity index (χ1n) is 11.5. The number of benzene rings is 2. The predicted molar refractivity (Wildman–Crippen MR) is 124 cm³/mol. The van der Waals surface area contributed by atoms with Crippen molar-refractivity contribution in [2.24, 2.45) is 0 Å². The fraction of sp³-hybridized carbons (Fsp3) is 0.440. The molecule has 3 aromatic rings. The van der Waals surface area contributed by atoms with Crippen LogP contribution in [0.1, 0.15) is 53.9 Å². The van der Waals surface area contributed by atoms with Gasteiger partial charge in [-0.05, 0) is 74.1 Å². The zero-order valence-electron chi connectivity index (χ0n) is 19.1. The first kappa shape index (κ1) is 22.7. The Hall–Kier alpha value is -3.07. The zero-order valence-corrected chi connectivity index (χ0v) is 19.1. The highest BCUT2D eigenvalue weighted by Gasteiger charge is 2.32. The van der Waals surface area contributed by atoms with E-state index in [4.69, 9.17) is 20.2 Å². The van der Waals surface area contributed by atoms with Crippen molar-refractivity contribution in [1.29, 1.82) is 0 Å². The molecule has 3 N–H and O–H groups in total. The van der Waals surface area contributed by atoms with Gasteiger partial charge in [-0.3, -0.25) is 0 Å². The second-order valence-corrected chi connectivity index (χ2v) is 9.06. The molecule has 1 aliphatic carbocycles. The van der Waals surface area contributed by atoms with Crippen LogP contribution in [0.25, 0.3) is 10.9 Å². The molecule has 2 aromatic carbocycles. The summed E-state index contributed by atoms with van der Waals surface area (Å²) in [5.74, 6) is 1.98. The molecule has 0 amide bonds. The molecule has 5 rings (SSSR count). The van der Waals surface area contributed by atoms with Gasteiger partial charge >= 0.3 is 6.18 Å². The highest BCUT2D eigenvalue weighted by atomic mass is 19.4. The zero-order chi connectivity index (χ0) is 24.0. The van der Waals surface area contributed by atoms with Gasteiger partial charge in [0.05, 0.1) is 30.3 Å². The maximum absolute atomic E-state index is 13.3. The van der Waals surface area contributed by atoms with Crippen LogP contribution in [0.3, 0.4) is 0 Å². The summed E-state index contributed by atoms with van der Waals surface area (Å²) < 4.78 is 51.7. The first-order valence-corrected chi connectivity index (χ1v) is 11.5. The van der Waals surface area contributed by atoms with Gasteiger partial charge in [0.1, 0.15) is 23.5 Å². The Kier molecular flexibility index (Phi) is 5.75. The van der Waals surface area contributed by atoms with Gasteiger partial charge in [0.2, 0.25) is 0 Å². The Morgan fingerprint density at radius 3 is 2.68 bits per heavy atom. The third-order valence-electron chi connectivity index (χ3n) is 6.47. The Bertz CT molecular complexity index is 1240. The molecular formula is C25H27F3N4O2. The topological polar surface area (TPSA) is 82.3 Å². The number of halogens is 3. The molecule has 0 bridgehead atoms. The van der Waals surface area contributed by atoms with E-state index in [1.165, 1.54) is 5.56 Å².